The Bertz CT molecular complexity index is 793. The van der Waals surface area contributed by atoms with Crippen molar-refractivity contribution in [1.29, 1.82) is 0 Å². The number of methoxy groups -OCH3 is 1. The molecule has 1 heterocycles. The van der Waals surface area contributed by atoms with Crippen LogP contribution in [-0.2, 0) is 19.1 Å². The smallest absolute Gasteiger partial charge is 0.344 e. The lowest BCUT2D eigenvalue weighted by molar-refractivity contribution is -0.145. The molecule has 1 atom stereocenters. The highest BCUT2D eigenvalue weighted by Gasteiger charge is 2.31. The Balaban J connectivity index is 2.32. The fourth-order valence-corrected chi connectivity index (χ4v) is 3.02. The van der Waals surface area contributed by atoms with E-state index >= 15 is 0 Å². The third kappa shape index (κ3) is 5.13. The van der Waals surface area contributed by atoms with Crippen LogP contribution in [0.2, 0.25) is 0 Å². The van der Waals surface area contributed by atoms with Gasteiger partial charge in [-0.2, -0.15) is 0 Å². The molecule has 0 saturated heterocycles. The van der Waals surface area contributed by atoms with E-state index in [1.54, 1.807) is 39.0 Å². The molecule has 0 unspecified atom stereocenters. The Morgan fingerprint density at radius 1 is 1.14 bits per heavy atom. The topological polar surface area (TPSA) is 95.1 Å². The van der Waals surface area contributed by atoms with E-state index in [9.17, 15) is 9.59 Å². The zero-order chi connectivity index (χ0) is 20.7. The van der Waals surface area contributed by atoms with E-state index in [1.807, 2.05) is 0 Å². The molecule has 0 fully saturated rings. The fraction of sp³-hybridized carbons (Fsp3) is 0.421. The highest BCUT2D eigenvalue weighted by molar-refractivity contribution is 7.80. The molecule has 8 nitrogen and oxygen atoms in total. The number of rotatable bonds is 8. The van der Waals surface area contributed by atoms with Gasteiger partial charge in [0.05, 0.1) is 31.9 Å². The molecular formula is C19H24N2O6S. The second kappa shape index (κ2) is 9.93. The van der Waals surface area contributed by atoms with Crippen molar-refractivity contribution < 1.29 is 28.5 Å². The summed E-state index contributed by atoms with van der Waals surface area (Å²) in [7, 11) is 1.49. The van der Waals surface area contributed by atoms with Gasteiger partial charge in [-0.15, -0.1) is 0 Å². The van der Waals surface area contributed by atoms with Gasteiger partial charge in [0.2, 0.25) is 0 Å². The molecule has 1 aliphatic heterocycles. The van der Waals surface area contributed by atoms with Gasteiger partial charge in [-0.05, 0) is 50.7 Å². The molecule has 1 aromatic rings. The Morgan fingerprint density at radius 3 is 2.50 bits per heavy atom. The van der Waals surface area contributed by atoms with Crippen molar-refractivity contribution in [2.45, 2.75) is 26.8 Å². The highest BCUT2D eigenvalue weighted by atomic mass is 32.1. The minimum atomic E-state index is -0.513. The van der Waals surface area contributed by atoms with Crippen LogP contribution >= 0.6 is 12.2 Å². The van der Waals surface area contributed by atoms with Crippen LogP contribution in [0.4, 0.5) is 0 Å². The van der Waals surface area contributed by atoms with Crippen molar-refractivity contribution in [3.05, 3.63) is 35.0 Å². The van der Waals surface area contributed by atoms with E-state index in [1.165, 1.54) is 7.11 Å². The molecular weight excluding hydrogens is 384 g/mol. The normalized spacial score (nSPS) is 16.0. The molecule has 0 aliphatic carbocycles. The summed E-state index contributed by atoms with van der Waals surface area (Å²) in [5.41, 5.74) is 1.78. The van der Waals surface area contributed by atoms with Gasteiger partial charge in [0, 0.05) is 5.70 Å². The lowest BCUT2D eigenvalue weighted by Crippen LogP contribution is -2.45. The molecule has 0 amide bonds. The average molecular weight is 408 g/mol. The average Bonchev–Trinajstić information content (AvgIpc) is 2.66. The van der Waals surface area contributed by atoms with Crippen LogP contribution in [0, 0.1) is 0 Å². The summed E-state index contributed by atoms with van der Waals surface area (Å²) in [6, 6.07) is 4.64. The van der Waals surface area contributed by atoms with E-state index in [4.69, 9.17) is 31.2 Å². The molecule has 1 aromatic carbocycles. The molecule has 9 heteroatoms. The maximum Gasteiger partial charge on any atom is 0.344 e. The maximum atomic E-state index is 12.4. The van der Waals surface area contributed by atoms with E-state index in [2.05, 4.69) is 10.6 Å². The summed E-state index contributed by atoms with van der Waals surface area (Å²) < 4.78 is 20.9. The van der Waals surface area contributed by atoms with Gasteiger partial charge in [0.15, 0.2) is 23.2 Å². The van der Waals surface area contributed by atoms with E-state index in [0.29, 0.717) is 27.9 Å². The monoisotopic (exact) mass is 408 g/mol. The molecule has 0 bridgehead atoms. The Morgan fingerprint density at radius 2 is 1.86 bits per heavy atom. The zero-order valence-corrected chi connectivity index (χ0v) is 17.1. The van der Waals surface area contributed by atoms with Gasteiger partial charge in [0.1, 0.15) is 0 Å². The minimum Gasteiger partial charge on any atom is -0.493 e. The molecule has 2 N–H and O–H groups in total. The van der Waals surface area contributed by atoms with Crippen molar-refractivity contribution in [3.8, 4) is 11.5 Å². The van der Waals surface area contributed by atoms with Gasteiger partial charge in [-0.3, -0.25) is 0 Å². The first-order valence-electron chi connectivity index (χ1n) is 8.82. The largest absolute Gasteiger partial charge is 0.493 e. The van der Waals surface area contributed by atoms with Gasteiger partial charge in [0.25, 0.3) is 0 Å². The number of carbonyl (C=O) groups excluding carboxylic acids is 2. The summed E-state index contributed by atoms with van der Waals surface area (Å²) >= 11 is 5.23. The van der Waals surface area contributed by atoms with Crippen LogP contribution < -0.4 is 20.1 Å². The van der Waals surface area contributed by atoms with Crippen LogP contribution in [-0.4, -0.2) is 44.0 Å². The molecule has 2 rings (SSSR count). The number of esters is 2. The third-order valence-corrected chi connectivity index (χ3v) is 4.16. The predicted molar refractivity (Wildman–Crippen MR) is 106 cm³/mol. The summed E-state index contributed by atoms with van der Waals surface area (Å²) in [5, 5.41) is 6.43. The number of thiocarbonyl (C=S) groups is 1. The Labute approximate surface area is 169 Å². The second-order valence-corrected chi connectivity index (χ2v) is 6.20. The van der Waals surface area contributed by atoms with Crippen LogP contribution in [0.15, 0.2) is 29.5 Å². The van der Waals surface area contributed by atoms with Crippen LogP contribution in [0.3, 0.4) is 0 Å². The number of hydrogen-bond acceptors (Lipinski definition) is 7. The fourth-order valence-electron chi connectivity index (χ4n) is 2.75. The van der Waals surface area contributed by atoms with Crippen molar-refractivity contribution in [2.24, 2.45) is 0 Å². The Hall–Kier alpha value is -2.81. The van der Waals surface area contributed by atoms with E-state index in [-0.39, 0.29) is 19.8 Å². The number of allylic oxidation sites excluding steroid dienone is 1. The van der Waals surface area contributed by atoms with Crippen molar-refractivity contribution in [2.75, 3.05) is 26.9 Å². The predicted octanol–water partition coefficient (Wildman–Crippen LogP) is 1.99. The first-order chi connectivity index (χ1) is 13.4. The molecule has 1 aliphatic rings. The second-order valence-electron chi connectivity index (χ2n) is 5.79. The standard InChI is InChI=1S/C19H24N2O6S/c1-5-25-15(22)10-27-13-8-7-12(9-14(13)24-4)17-16(18(23)26-6-2)11(3)20-19(28)21-17/h7-9,17H,5-6,10H2,1-4H3,(H2,20,21,28)/t17-/m0/s1. The number of carbonyl (C=O) groups is 2. The number of nitrogens with one attached hydrogen (secondary N) is 2. The number of hydrogen-bond donors (Lipinski definition) is 2. The first-order valence-corrected chi connectivity index (χ1v) is 9.23. The van der Waals surface area contributed by atoms with Crippen molar-refractivity contribution >= 4 is 29.3 Å². The van der Waals surface area contributed by atoms with Gasteiger partial charge in [-0.25, -0.2) is 9.59 Å². The summed E-state index contributed by atoms with van der Waals surface area (Å²) in [6.07, 6.45) is 0. The van der Waals surface area contributed by atoms with Gasteiger partial charge < -0.3 is 29.6 Å². The molecule has 152 valence electrons. The van der Waals surface area contributed by atoms with Crippen molar-refractivity contribution in [1.82, 2.24) is 10.6 Å². The highest BCUT2D eigenvalue weighted by Crippen LogP contribution is 2.34. The van der Waals surface area contributed by atoms with E-state index < -0.39 is 18.0 Å². The molecule has 0 spiro atoms. The van der Waals surface area contributed by atoms with Gasteiger partial charge >= 0.3 is 11.9 Å². The van der Waals surface area contributed by atoms with Crippen LogP contribution in [0.5, 0.6) is 11.5 Å². The molecule has 0 radical (unpaired) electrons. The zero-order valence-electron chi connectivity index (χ0n) is 16.3. The van der Waals surface area contributed by atoms with Crippen molar-refractivity contribution in [3.63, 3.8) is 0 Å². The van der Waals surface area contributed by atoms with E-state index in [0.717, 1.165) is 5.56 Å². The molecule has 28 heavy (non-hydrogen) atoms. The van der Waals surface area contributed by atoms with Gasteiger partial charge in [-0.1, -0.05) is 6.07 Å². The maximum absolute atomic E-state index is 12.4. The van der Waals surface area contributed by atoms with Crippen LogP contribution in [0.25, 0.3) is 0 Å². The first kappa shape index (κ1) is 21.5. The summed E-state index contributed by atoms with van der Waals surface area (Å²) in [5.74, 6) is -0.112. The third-order valence-electron chi connectivity index (χ3n) is 3.94. The minimum absolute atomic E-state index is 0.230. The Kier molecular flexibility index (Phi) is 7.62. The summed E-state index contributed by atoms with van der Waals surface area (Å²) in [4.78, 5) is 24.0. The lowest BCUT2D eigenvalue weighted by Gasteiger charge is -2.30. The SMILES string of the molecule is CCOC(=O)COc1ccc([C@@H]2NC(=S)NC(C)=C2C(=O)OCC)cc1OC. The lowest BCUT2D eigenvalue weighted by atomic mass is 9.95. The summed E-state index contributed by atoms with van der Waals surface area (Å²) in [6.45, 7) is 5.54. The quantitative estimate of drug-likeness (QED) is 0.494. The van der Waals surface area contributed by atoms with Crippen LogP contribution in [0.1, 0.15) is 32.4 Å². The molecule has 0 saturated carbocycles. The number of benzene rings is 1. The number of ether oxygens (including phenoxy) is 4. The molecule has 0 aromatic heterocycles.